The molecular weight excluding hydrogens is 154 g/mol. The molecule has 0 aromatic carbocycles. The molecule has 2 rings (SSSR count). The topological polar surface area (TPSA) is 46.9 Å². The number of anilines is 1. The van der Waals surface area contributed by atoms with Crippen molar-refractivity contribution in [3.63, 3.8) is 0 Å². The maximum atomic E-state index is 11.6. The quantitative estimate of drug-likeness (QED) is 0.610. The van der Waals surface area contributed by atoms with Gasteiger partial charge in [0.25, 0.3) is 5.56 Å². The SMILES string of the molecule is Cc1cnc2n(c1=O)C(C)CN2. The van der Waals surface area contributed by atoms with Crippen LogP contribution in [-0.2, 0) is 0 Å². The summed E-state index contributed by atoms with van der Waals surface area (Å²) in [5.41, 5.74) is 0.770. The molecule has 0 aliphatic carbocycles. The highest BCUT2D eigenvalue weighted by atomic mass is 16.1. The van der Waals surface area contributed by atoms with Crippen molar-refractivity contribution < 1.29 is 0 Å². The maximum Gasteiger partial charge on any atom is 0.258 e. The van der Waals surface area contributed by atoms with Crippen LogP contribution >= 0.6 is 0 Å². The summed E-state index contributed by atoms with van der Waals surface area (Å²) in [7, 11) is 0. The Bertz CT molecular complexity index is 369. The fraction of sp³-hybridized carbons (Fsp3) is 0.500. The molecule has 0 bridgehead atoms. The van der Waals surface area contributed by atoms with Crippen LogP contribution in [0.4, 0.5) is 5.95 Å². The highest BCUT2D eigenvalue weighted by Gasteiger charge is 2.19. The van der Waals surface area contributed by atoms with E-state index in [1.54, 1.807) is 17.7 Å². The molecule has 2 heterocycles. The Morgan fingerprint density at radius 1 is 1.75 bits per heavy atom. The fourth-order valence-electron chi connectivity index (χ4n) is 1.43. The summed E-state index contributed by atoms with van der Waals surface area (Å²) in [5, 5.41) is 3.07. The van der Waals surface area contributed by atoms with Gasteiger partial charge in [-0.3, -0.25) is 9.36 Å². The average molecular weight is 165 g/mol. The van der Waals surface area contributed by atoms with Gasteiger partial charge in [-0.25, -0.2) is 4.98 Å². The largest absolute Gasteiger partial charge is 0.353 e. The predicted molar refractivity (Wildman–Crippen MR) is 46.4 cm³/mol. The Morgan fingerprint density at radius 3 is 3.25 bits per heavy atom. The van der Waals surface area contributed by atoms with Gasteiger partial charge in [-0.2, -0.15) is 0 Å². The van der Waals surface area contributed by atoms with Gasteiger partial charge in [0.1, 0.15) is 0 Å². The lowest BCUT2D eigenvalue weighted by Gasteiger charge is -2.05. The molecule has 1 N–H and O–H groups in total. The first kappa shape index (κ1) is 7.34. The third kappa shape index (κ3) is 0.841. The molecule has 64 valence electrons. The number of nitrogens with zero attached hydrogens (tertiary/aromatic N) is 2. The van der Waals surface area contributed by atoms with Crippen LogP contribution in [0.15, 0.2) is 11.0 Å². The summed E-state index contributed by atoms with van der Waals surface area (Å²) in [6.07, 6.45) is 1.61. The number of nitrogens with one attached hydrogen (secondary N) is 1. The zero-order valence-corrected chi connectivity index (χ0v) is 7.16. The van der Waals surface area contributed by atoms with Crippen LogP contribution in [0.2, 0.25) is 0 Å². The molecular formula is C8H11N3O. The highest BCUT2D eigenvalue weighted by molar-refractivity contribution is 5.32. The number of rotatable bonds is 0. The molecule has 4 heteroatoms. The van der Waals surface area contributed by atoms with Crippen molar-refractivity contribution in [3.05, 3.63) is 22.1 Å². The first-order valence-corrected chi connectivity index (χ1v) is 4.02. The van der Waals surface area contributed by atoms with Crippen LogP contribution in [0.1, 0.15) is 18.5 Å². The Morgan fingerprint density at radius 2 is 2.50 bits per heavy atom. The molecule has 0 fully saturated rings. The van der Waals surface area contributed by atoms with Crippen molar-refractivity contribution in [1.29, 1.82) is 0 Å². The van der Waals surface area contributed by atoms with Crippen molar-refractivity contribution in [2.75, 3.05) is 11.9 Å². The Hall–Kier alpha value is -1.32. The molecule has 1 aromatic heterocycles. The molecule has 12 heavy (non-hydrogen) atoms. The van der Waals surface area contributed by atoms with Crippen molar-refractivity contribution >= 4 is 5.95 Å². The van der Waals surface area contributed by atoms with Crippen LogP contribution in [-0.4, -0.2) is 16.1 Å². The Balaban J connectivity index is 2.71. The molecule has 0 radical (unpaired) electrons. The second kappa shape index (κ2) is 2.33. The minimum Gasteiger partial charge on any atom is -0.353 e. The van der Waals surface area contributed by atoms with Gasteiger partial charge in [0.05, 0.1) is 6.04 Å². The number of hydrogen-bond acceptors (Lipinski definition) is 3. The molecule has 1 atom stereocenters. The average Bonchev–Trinajstić information content (AvgIpc) is 2.41. The first-order valence-electron chi connectivity index (χ1n) is 4.02. The molecule has 4 nitrogen and oxygen atoms in total. The molecule has 1 aromatic rings. The van der Waals surface area contributed by atoms with Crippen molar-refractivity contribution in [1.82, 2.24) is 9.55 Å². The zero-order valence-electron chi connectivity index (χ0n) is 7.16. The summed E-state index contributed by atoms with van der Waals surface area (Å²) in [4.78, 5) is 15.7. The zero-order chi connectivity index (χ0) is 8.72. The van der Waals surface area contributed by atoms with Gasteiger partial charge < -0.3 is 5.32 Å². The van der Waals surface area contributed by atoms with E-state index in [2.05, 4.69) is 10.3 Å². The second-order valence-electron chi connectivity index (χ2n) is 3.17. The summed E-state index contributed by atoms with van der Waals surface area (Å²) < 4.78 is 1.70. The van der Waals surface area contributed by atoms with Crippen LogP contribution in [0, 0.1) is 6.92 Å². The van der Waals surface area contributed by atoms with Gasteiger partial charge in [0.15, 0.2) is 0 Å². The van der Waals surface area contributed by atoms with Gasteiger partial charge in [0, 0.05) is 18.3 Å². The van der Waals surface area contributed by atoms with Gasteiger partial charge in [-0.15, -0.1) is 0 Å². The number of hydrogen-bond donors (Lipinski definition) is 1. The fourth-order valence-corrected chi connectivity index (χ4v) is 1.43. The van der Waals surface area contributed by atoms with Gasteiger partial charge in [-0.05, 0) is 13.8 Å². The van der Waals surface area contributed by atoms with E-state index in [0.717, 1.165) is 6.54 Å². The number of aromatic nitrogens is 2. The minimum atomic E-state index is 0.0671. The standard InChI is InChI=1S/C8H11N3O/c1-5-3-9-8-10-4-6(2)11(8)7(5)12/h3,6H,4H2,1-2H3,(H,9,10). The van der Waals surface area contributed by atoms with E-state index in [1.165, 1.54) is 0 Å². The van der Waals surface area contributed by atoms with E-state index < -0.39 is 0 Å². The maximum absolute atomic E-state index is 11.6. The summed E-state index contributed by atoms with van der Waals surface area (Å²) >= 11 is 0. The molecule has 1 unspecified atom stereocenters. The molecule has 0 saturated heterocycles. The van der Waals surface area contributed by atoms with Gasteiger partial charge in [-0.1, -0.05) is 0 Å². The predicted octanol–water partition coefficient (Wildman–Crippen LogP) is 0.538. The van der Waals surface area contributed by atoms with Crippen molar-refractivity contribution in [2.45, 2.75) is 19.9 Å². The second-order valence-corrected chi connectivity index (χ2v) is 3.17. The number of fused-ring (bicyclic) bond motifs is 1. The minimum absolute atomic E-state index is 0.0671. The van der Waals surface area contributed by atoms with E-state index in [1.807, 2.05) is 6.92 Å². The number of aryl methyl sites for hydroxylation is 1. The van der Waals surface area contributed by atoms with Crippen LogP contribution in [0.25, 0.3) is 0 Å². The smallest absolute Gasteiger partial charge is 0.258 e. The monoisotopic (exact) mass is 165 g/mol. The van der Waals surface area contributed by atoms with Gasteiger partial charge >= 0.3 is 0 Å². The van der Waals surface area contributed by atoms with E-state index in [-0.39, 0.29) is 11.6 Å². The molecule has 1 aliphatic rings. The molecule has 0 amide bonds. The first-order chi connectivity index (χ1) is 5.70. The van der Waals surface area contributed by atoms with Crippen LogP contribution in [0.3, 0.4) is 0 Å². The van der Waals surface area contributed by atoms with E-state index in [9.17, 15) is 4.79 Å². The third-order valence-corrected chi connectivity index (χ3v) is 2.16. The lowest BCUT2D eigenvalue weighted by Crippen LogP contribution is -2.23. The van der Waals surface area contributed by atoms with E-state index >= 15 is 0 Å². The summed E-state index contributed by atoms with van der Waals surface area (Å²) in [6.45, 7) is 4.59. The van der Waals surface area contributed by atoms with Crippen LogP contribution < -0.4 is 10.9 Å². The summed E-state index contributed by atoms with van der Waals surface area (Å²) in [5.74, 6) is 0.693. The van der Waals surface area contributed by atoms with E-state index in [4.69, 9.17) is 0 Å². The highest BCUT2D eigenvalue weighted by Crippen LogP contribution is 2.16. The van der Waals surface area contributed by atoms with E-state index in [0.29, 0.717) is 11.5 Å². The molecule has 0 saturated carbocycles. The summed E-state index contributed by atoms with van der Waals surface area (Å²) in [6, 6.07) is 0.222. The van der Waals surface area contributed by atoms with Crippen molar-refractivity contribution in [2.24, 2.45) is 0 Å². The molecule has 1 aliphatic heterocycles. The Kier molecular flexibility index (Phi) is 1.43. The lowest BCUT2D eigenvalue weighted by atomic mass is 10.3. The van der Waals surface area contributed by atoms with Crippen molar-refractivity contribution in [3.8, 4) is 0 Å². The molecule has 0 spiro atoms. The van der Waals surface area contributed by atoms with Crippen LogP contribution in [0.5, 0.6) is 0 Å². The third-order valence-electron chi connectivity index (χ3n) is 2.16. The van der Waals surface area contributed by atoms with Gasteiger partial charge in [0.2, 0.25) is 5.95 Å². The Labute approximate surface area is 70.2 Å². The lowest BCUT2D eigenvalue weighted by molar-refractivity contribution is 0.602. The normalized spacial score (nSPS) is 20.3.